The van der Waals surface area contributed by atoms with Crippen LogP contribution in [0.4, 0.5) is 0 Å². The Morgan fingerprint density at radius 2 is 0.852 bits per heavy atom. The average Bonchev–Trinajstić information content (AvgIpc) is 4.69. The van der Waals surface area contributed by atoms with Gasteiger partial charge in [-0.25, -0.2) is 4.40 Å². The summed E-state index contributed by atoms with van der Waals surface area (Å²) in [6.45, 7) is 107. The van der Waals surface area contributed by atoms with Gasteiger partial charge >= 0.3 is 0 Å². The highest BCUT2D eigenvalue weighted by molar-refractivity contribution is 8.12. The van der Waals surface area contributed by atoms with Gasteiger partial charge in [-0.2, -0.15) is 10.2 Å². The highest BCUT2D eigenvalue weighted by Crippen LogP contribution is 2.11. The predicted octanol–water partition coefficient (Wildman–Crippen LogP) is 32.1. The van der Waals surface area contributed by atoms with Gasteiger partial charge in [-0.3, -0.25) is 25.4 Å². The first-order chi connectivity index (χ1) is 54.0. The number of thioether (sulfide) groups is 2. The summed E-state index contributed by atoms with van der Waals surface area (Å²) in [5.41, 5.74) is 7.38. The van der Waals surface area contributed by atoms with Crippen molar-refractivity contribution in [3.63, 3.8) is 0 Å². The molecule has 0 fully saturated rings. The number of nitrogens with one attached hydrogen (secondary N) is 4. The first-order valence-electron chi connectivity index (χ1n) is 45.1. The maximum Gasteiger partial charge on any atom is 0.169 e. The molecule has 1 aliphatic carbocycles. The minimum atomic E-state index is 0.778. The van der Waals surface area contributed by atoms with Gasteiger partial charge in [-0.15, -0.1) is 23.5 Å². The van der Waals surface area contributed by atoms with Crippen molar-refractivity contribution < 1.29 is 14.3 Å². The molecular weight excluding hydrogens is 1400 g/mol. The van der Waals surface area contributed by atoms with Gasteiger partial charge in [0.05, 0.1) is 50.9 Å². The smallest absolute Gasteiger partial charge is 0.169 e. The summed E-state index contributed by atoms with van der Waals surface area (Å²) in [4.78, 5) is 20.0. The van der Waals surface area contributed by atoms with Crippen LogP contribution >= 0.6 is 35.5 Å². The molecule has 0 aromatic rings. The molecule has 0 bridgehead atoms. The third kappa shape index (κ3) is 332. The maximum atomic E-state index is 4.76. The molecule has 108 heavy (non-hydrogen) atoms. The molecule has 12 aliphatic rings. The normalized spacial score (nSPS) is 12.4. The van der Waals surface area contributed by atoms with E-state index in [4.69, 9.17) is 4.74 Å². The molecule has 0 radical (unpaired) electrons. The minimum Gasteiger partial charge on any atom is -0.501 e. The molecule has 0 aromatic heterocycles. The molecule has 19 heteroatoms. The van der Waals surface area contributed by atoms with Gasteiger partial charge in [0.2, 0.25) is 0 Å². The fourth-order valence-corrected chi connectivity index (χ4v) is 5.83. The summed E-state index contributed by atoms with van der Waals surface area (Å²) < 4.78 is 13.3. The van der Waals surface area contributed by atoms with Crippen LogP contribution in [0.25, 0.3) is 0 Å². The SMILES string of the molecule is C1=CCCC1.C1=CNCC1.C1=COCC1.C1=CSCC1.C1=NCCC1.C1=NCCN1.C1=NCCO1.C1=NCCS1.C1=NNCC1.C1=NOCC1.C1=NSCC1.C1CNN=N1.CC.CC.CC.CC.CC.CC.CC.CC.CC.CC.CC.CC.CC.CC.CC.CC.CC.CC.CC.CC.CC.CC.CC.CC. The summed E-state index contributed by atoms with van der Waals surface area (Å²) in [5, 5.41) is 22.3. The van der Waals surface area contributed by atoms with Gasteiger partial charge < -0.3 is 30.4 Å². The molecule has 0 spiro atoms. The largest absolute Gasteiger partial charge is 0.501 e. The summed E-state index contributed by atoms with van der Waals surface area (Å²) in [7, 11) is 0. The Morgan fingerprint density at radius 1 is 0.315 bits per heavy atom. The number of oxime groups is 1. The van der Waals surface area contributed by atoms with Crippen LogP contribution in [0, 0.1) is 0 Å². The van der Waals surface area contributed by atoms with E-state index in [0.29, 0.717) is 0 Å². The predicted molar refractivity (Wildman–Crippen MR) is 536 cm³/mol. The second kappa shape index (κ2) is 342. The number of aliphatic imine (C=N–C) groups is 4. The topological polar surface area (TPSA) is 187 Å². The van der Waals surface area contributed by atoms with Gasteiger partial charge in [-0.05, 0) is 87.2 Å². The Labute approximate surface area is 702 Å². The molecule has 11 heterocycles. The Morgan fingerprint density at radius 3 is 0.963 bits per heavy atom. The van der Waals surface area contributed by atoms with Crippen LogP contribution in [0.1, 0.15) is 403 Å². The third-order valence-corrected chi connectivity index (χ3v) is 9.38. The Balaban J connectivity index is -0.0000000309. The van der Waals surface area contributed by atoms with Crippen LogP contribution in [0.15, 0.2) is 93.2 Å². The number of hydrazone groups is 1. The quantitative estimate of drug-likeness (QED) is 0.134. The molecule has 0 atom stereocenters. The number of ether oxygens (including phenoxy) is 2. The van der Waals surface area contributed by atoms with Crippen LogP contribution in [0.2, 0.25) is 0 Å². The van der Waals surface area contributed by atoms with Crippen molar-refractivity contribution in [2.45, 2.75) is 403 Å². The molecule has 0 aromatic carbocycles. The van der Waals surface area contributed by atoms with Crippen molar-refractivity contribution in [3.05, 3.63) is 48.3 Å². The van der Waals surface area contributed by atoms with E-state index >= 15 is 0 Å². The van der Waals surface area contributed by atoms with E-state index in [0.717, 1.165) is 98.0 Å². The average molecular weight is 1610 g/mol. The maximum absolute atomic E-state index is 4.76. The molecule has 0 unspecified atom stereocenters. The molecule has 0 saturated heterocycles. The zero-order valence-electron chi connectivity index (χ0n) is 83.5. The number of hydrogen-bond acceptors (Lipinski definition) is 19. The second-order valence-corrected chi connectivity index (χ2v) is 15.1. The van der Waals surface area contributed by atoms with Gasteiger partial charge in [0.25, 0.3) is 0 Å². The van der Waals surface area contributed by atoms with Gasteiger partial charge in [0, 0.05) is 87.9 Å². The van der Waals surface area contributed by atoms with E-state index in [-0.39, 0.29) is 0 Å². The Hall–Kier alpha value is -4.10. The Bertz CT molecular complexity index is 896. The van der Waals surface area contributed by atoms with Crippen molar-refractivity contribution in [2.24, 2.45) is 45.0 Å². The van der Waals surface area contributed by atoms with Gasteiger partial charge in [0.1, 0.15) is 13.2 Å². The molecule has 672 valence electrons. The standard InChI is InChI=1S/C5H8.2C4H7N.C4H6O.C4H6S.2C3H6N2.2C3H5NO.2C3H5NS.C2H5N3.24C2H6/c5*1-2-4-5-3-1;1-2-5-3-4-1;1-2-4-5-3-1;1-2-5-3-4-1;1-2-4-5-3-1;1-2-5-3-4-1;2*1-2-4-5-3-1;24*1-2/h1-2H,3-5H2;3H,1-2,4H2;1,3,5H,2,4H2;2*1,3H,2,4H2;3H,1-2H2,(H,4,5);2,5H,1,3H2;3H,1-2H2;2H,1,3H2;3H,1-2H2;2H,1,3H2;1-2H2,(H,3,4);24*1-2H3. The van der Waals surface area contributed by atoms with E-state index < -0.39 is 0 Å². The van der Waals surface area contributed by atoms with Gasteiger partial charge in [0.15, 0.2) is 6.40 Å². The van der Waals surface area contributed by atoms with Crippen LogP contribution in [-0.4, -0.2) is 139 Å². The lowest BCUT2D eigenvalue weighted by Crippen LogP contribution is -2.04. The summed E-state index contributed by atoms with van der Waals surface area (Å²) in [6, 6.07) is 0. The minimum absolute atomic E-state index is 0.778. The highest BCUT2D eigenvalue weighted by atomic mass is 32.2. The number of rotatable bonds is 0. The second-order valence-electron chi connectivity index (χ2n) is 12.3. The van der Waals surface area contributed by atoms with Crippen molar-refractivity contribution in [1.29, 1.82) is 0 Å². The lowest BCUT2D eigenvalue weighted by atomic mass is 10.4. The molecule has 0 saturated carbocycles. The lowest BCUT2D eigenvalue weighted by molar-refractivity contribution is 0.174. The molecule has 11 aliphatic heterocycles. The van der Waals surface area contributed by atoms with Crippen LogP contribution in [-0.2, 0) is 14.3 Å². The third-order valence-electron chi connectivity index (χ3n) is 7.09. The number of nitrogens with zero attached hydrogens (tertiary/aromatic N) is 9. The van der Waals surface area contributed by atoms with Crippen molar-refractivity contribution >= 4 is 78.6 Å². The zero-order chi connectivity index (χ0) is 90.4. The summed E-state index contributed by atoms with van der Waals surface area (Å²) >= 11 is 5.32. The molecule has 12 rings (SSSR count). The number of allylic oxidation sites excluding steroid dienone is 3. The summed E-state index contributed by atoms with van der Waals surface area (Å²) in [6.07, 6.45) is 38.7. The fraction of sp³-hybridized carbons (Fsp3) is 0.831. The molecular formula is C89H215N13O3S3. The van der Waals surface area contributed by atoms with Crippen LogP contribution in [0.3, 0.4) is 0 Å². The highest BCUT2D eigenvalue weighted by Gasteiger charge is 1.90. The van der Waals surface area contributed by atoms with Gasteiger partial charge in [-0.1, -0.05) is 367 Å². The van der Waals surface area contributed by atoms with Crippen molar-refractivity contribution in [1.82, 2.24) is 21.5 Å². The number of hydrogen-bond donors (Lipinski definition) is 4. The van der Waals surface area contributed by atoms with Crippen molar-refractivity contribution in [2.75, 3.05) is 96.0 Å². The Kier molecular flexibility index (Phi) is 546. The monoisotopic (exact) mass is 1610 g/mol. The summed E-state index contributed by atoms with van der Waals surface area (Å²) in [5.74, 6) is 3.69. The fourth-order valence-electron chi connectivity index (χ4n) is 4.09. The first-order valence-corrected chi connectivity index (χ1v) is 48.1. The van der Waals surface area contributed by atoms with E-state index in [9.17, 15) is 0 Å². The van der Waals surface area contributed by atoms with Crippen molar-refractivity contribution in [3.8, 4) is 0 Å². The lowest BCUT2D eigenvalue weighted by Gasteiger charge is -1.79. The van der Waals surface area contributed by atoms with E-state index in [1.807, 2.05) is 381 Å². The molecule has 4 N–H and O–H groups in total. The van der Waals surface area contributed by atoms with Crippen LogP contribution in [0.5, 0.6) is 0 Å². The van der Waals surface area contributed by atoms with E-state index in [1.54, 1.807) is 42.5 Å². The molecule has 0 amide bonds. The van der Waals surface area contributed by atoms with E-state index in [1.165, 1.54) is 75.0 Å². The van der Waals surface area contributed by atoms with Crippen LogP contribution < -0.4 is 21.5 Å². The first kappa shape index (κ1) is 172. The van der Waals surface area contributed by atoms with E-state index in [2.05, 4.69) is 106 Å². The zero-order valence-corrected chi connectivity index (χ0v) is 86.0. The molecule has 16 nitrogen and oxygen atoms in total.